The standard InChI is InChI=1S/C17H18ClNO4S/c18-14-3-5-15(6-4-14)22-9-10-23-16(20)2-1-8-19-17(21)13-7-11-24-12-13/h3-7,11-12H,1-2,8-10H2,(H,19,21). The van der Waals surface area contributed by atoms with Crippen molar-refractivity contribution < 1.29 is 19.1 Å². The lowest BCUT2D eigenvalue weighted by molar-refractivity contribution is -0.144. The molecule has 0 fully saturated rings. The molecule has 128 valence electrons. The van der Waals surface area contributed by atoms with Gasteiger partial charge in [-0.2, -0.15) is 11.3 Å². The molecule has 0 atom stereocenters. The summed E-state index contributed by atoms with van der Waals surface area (Å²) in [6.45, 7) is 0.899. The molecule has 1 heterocycles. The number of hydrogen-bond acceptors (Lipinski definition) is 5. The molecule has 1 aromatic heterocycles. The second-order valence-electron chi connectivity index (χ2n) is 4.89. The zero-order valence-electron chi connectivity index (χ0n) is 13.0. The van der Waals surface area contributed by atoms with Crippen LogP contribution in [0.4, 0.5) is 0 Å². The van der Waals surface area contributed by atoms with Crippen LogP contribution in [0.15, 0.2) is 41.1 Å². The SMILES string of the molecule is O=C(CCCNC(=O)c1ccsc1)OCCOc1ccc(Cl)cc1. The van der Waals surface area contributed by atoms with Crippen LogP contribution in [0, 0.1) is 0 Å². The van der Waals surface area contributed by atoms with Gasteiger partial charge in [0.25, 0.3) is 5.91 Å². The highest BCUT2D eigenvalue weighted by atomic mass is 35.5. The average Bonchev–Trinajstić information content (AvgIpc) is 3.12. The van der Waals surface area contributed by atoms with Gasteiger partial charge < -0.3 is 14.8 Å². The fourth-order valence-corrected chi connectivity index (χ4v) is 2.61. The van der Waals surface area contributed by atoms with E-state index in [1.54, 1.807) is 35.7 Å². The van der Waals surface area contributed by atoms with E-state index in [0.717, 1.165) is 0 Å². The molecule has 7 heteroatoms. The third-order valence-electron chi connectivity index (χ3n) is 3.06. The maximum atomic E-state index is 11.7. The Hall–Kier alpha value is -2.05. The topological polar surface area (TPSA) is 64.6 Å². The van der Waals surface area contributed by atoms with Crippen molar-refractivity contribution in [1.82, 2.24) is 5.32 Å². The molecular weight excluding hydrogens is 350 g/mol. The lowest BCUT2D eigenvalue weighted by atomic mass is 10.3. The maximum absolute atomic E-state index is 11.7. The van der Waals surface area contributed by atoms with E-state index in [-0.39, 0.29) is 31.5 Å². The molecule has 0 aliphatic rings. The molecule has 0 saturated heterocycles. The largest absolute Gasteiger partial charge is 0.490 e. The zero-order chi connectivity index (χ0) is 17.2. The van der Waals surface area contributed by atoms with Gasteiger partial charge in [0, 0.05) is 28.9 Å². The smallest absolute Gasteiger partial charge is 0.305 e. The number of benzene rings is 1. The average molecular weight is 368 g/mol. The Labute approximate surface area is 149 Å². The van der Waals surface area contributed by atoms with Crippen LogP contribution in [0.25, 0.3) is 0 Å². The second-order valence-corrected chi connectivity index (χ2v) is 6.11. The Kier molecular flexibility index (Phi) is 7.58. The lowest BCUT2D eigenvalue weighted by Crippen LogP contribution is -2.24. The highest BCUT2D eigenvalue weighted by Crippen LogP contribution is 2.15. The van der Waals surface area contributed by atoms with Crippen LogP contribution in [0.3, 0.4) is 0 Å². The van der Waals surface area contributed by atoms with Crippen molar-refractivity contribution in [2.75, 3.05) is 19.8 Å². The van der Waals surface area contributed by atoms with Crippen LogP contribution >= 0.6 is 22.9 Å². The minimum atomic E-state index is -0.306. The van der Waals surface area contributed by atoms with E-state index in [4.69, 9.17) is 21.1 Å². The van der Waals surface area contributed by atoms with Crippen molar-refractivity contribution in [2.45, 2.75) is 12.8 Å². The molecule has 5 nitrogen and oxygen atoms in total. The van der Waals surface area contributed by atoms with Gasteiger partial charge in [-0.1, -0.05) is 11.6 Å². The quantitative estimate of drug-likeness (QED) is 0.544. The van der Waals surface area contributed by atoms with Gasteiger partial charge in [0.05, 0.1) is 0 Å². The predicted molar refractivity (Wildman–Crippen MR) is 93.8 cm³/mol. The summed E-state index contributed by atoms with van der Waals surface area (Å²) in [5.74, 6) is 0.243. The van der Waals surface area contributed by atoms with Crippen molar-refractivity contribution in [3.05, 3.63) is 51.7 Å². The normalized spacial score (nSPS) is 10.2. The molecular formula is C17H18ClNO4S. The highest BCUT2D eigenvalue weighted by Gasteiger charge is 2.06. The first-order chi connectivity index (χ1) is 11.6. The van der Waals surface area contributed by atoms with Crippen molar-refractivity contribution in [3.8, 4) is 5.75 Å². The van der Waals surface area contributed by atoms with Crippen LogP contribution in [-0.4, -0.2) is 31.6 Å². The molecule has 0 aliphatic carbocycles. The molecule has 1 amide bonds. The number of hydrogen-bond donors (Lipinski definition) is 1. The summed E-state index contributed by atoms with van der Waals surface area (Å²) in [4.78, 5) is 23.2. The van der Waals surface area contributed by atoms with Gasteiger partial charge in [-0.05, 0) is 42.1 Å². The van der Waals surface area contributed by atoms with Crippen LogP contribution in [0.2, 0.25) is 5.02 Å². The molecule has 0 radical (unpaired) electrons. The third kappa shape index (κ3) is 6.60. The fourth-order valence-electron chi connectivity index (χ4n) is 1.85. The van der Waals surface area contributed by atoms with E-state index in [9.17, 15) is 9.59 Å². The summed E-state index contributed by atoms with van der Waals surface area (Å²) < 4.78 is 10.5. The third-order valence-corrected chi connectivity index (χ3v) is 3.99. The number of amides is 1. The first-order valence-electron chi connectivity index (χ1n) is 7.49. The number of esters is 1. The number of rotatable bonds is 9. The molecule has 24 heavy (non-hydrogen) atoms. The molecule has 1 N–H and O–H groups in total. The molecule has 0 saturated carbocycles. The van der Waals surface area contributed by atoms with E-state index >= 15 is 0 Å². The molecule has 2 aromatic rings. The first-order valence-corrected chi connectivity index (χ1v) is 8.81. The van der Waals surface area contributed by atoms with Crippen LogP contribution in [0.5, 0.6) is 5.75 Å². The van der Waals surface area contributed by atoms with Crippen LogP contribution in [-0.2, 0) is 9.53 Å². The molecule has 0 bridgehead atoms. The maximum Gasteiger partial charge on any atom is 0.305 e. The van der Waals surface area contributed by atoms with Gasteiger partial charge in [0.2, 0.25) is 0 Å². The number of thiophene rings is 1. The Morgan fingerprint density at radius 2 is 1.92 bits per heavy atom. The lowest BCUT2D eigenvalue weighted by Gasteiger charge is -2.08. The summed E-state index contributed by atoms with van der Waals surface area (Å²) >= 11 is 7.24. The van der Waals surface area contributed by atoms with Crippen molar-refractivity contribution >= 4 is 34.8 Å². The van der Waals surface area contributed by atoms with Crippen LogP contribution in [0.1, 0.15) is 23.2 Å². The van der Waals surface area contributed by atoms with Crippen LogP contribution < -0.4 is 10.1 Å². The monoisotopic (exact) mass is 367 g/mol. The van der Waals surface area contributed by atoms with Crippen molar-refractivity contribution in [1.29, 1.82) is 0 Å². The summed E-state index contributed by atoms with van der Waals surface area (Å²) in [6, 6.07) is 8.72. The predicted octanol–water partition coefficient (Wildman–Crippen LogP) is 3.53. The summed E-state index contributed by atoms with van der Waals surface area (Å²) in [6.07, 6.45) is 0.789. The Morgan fingerprint density at radius 1 is 1.12 bits per heavy atom. The van der Waals surface area contributed by atoms with E-state index in [0.29, 0.717) is 29.3 Å². The van der Waals surface area contributed by atoms with Gasteiger partial charge in [0.15, 0.2) is 0 Å². The van der Waals surface area contributed by atoms with Gasteiger partial charge in [-0.15, -0.1) is 0 Å². The molecule has 2 rings (SSSR count). The summed E-state index contributed by atoms with van der Waals surface area (Å²) in [7, 11) is 0. The van der Waals surface area contributed by atoms with Gasteiger partial charge in [-0.25, -0.2) is 0 Å². The highest BCUT2D eigenvalue weighted by molar-refractivity contribution is 7.08. The molecule has 0 spiro atoms. The van der Waals surface area contributed by atoms with Crippen molar-refractivity contribution in [2.24, 2.45) is 0 Å². The van der Waals surface area contributed by atoms with E-state index in [2.05, 4.69) is 5.32 Å². The number of carbonyl (C=O) groups excluding carboxylic acids is 2. The molecule has 0 aliphatic heterocycles. The second kappa shape index (κ2) is 9.95. The number of nitrogens with one attached hydrogen (secondary N) is 1. The van der Waals surface area contributed by atoms with E-state index in [1.165, 1.54) is 11.3 Å². The fraction of sp³-hybridized carbons (Fsp3) is 0.294. The molecule has 1 aromatic carbocycles. The first kappa shape index (κ1) is 18.3. The van der Waals surface area contributed by atoms with Gasteiger partial charge >= 0.3 is 5.97 Å². The Morgan fingerprint density at radius 3 is 2.62 bits per heavy atom. The summed E-state index contributed by atoms with van der Waals surface area (Å²) in [5, 5.41) is 7.02. The summed E-state index contributed by atoms with van der Waals surface area (Å²) in [5.41, 5.74) is 0.641. The number of carbonyl (C=O) groups is 2. The number of halogens is 1. The zero-order valence-corrected chi connectivity index (χ0v) is 14.6. The van der Waals surface area contributed by atoms with E-state index < -0.39 is 0 Å². The van der Waals surface area contributed by atoms with E-state index in [1.807, 2.05) is 5.38 Å². The number of ether oxygens (including phenoxy) is 2. The van der Waals surface area contributed by atoms with Gasteiger partial charge in [-0.3, -0.25) is 9.59 Å². The minimum absolute atomic E-state index is 0.124. The van der Waals surface area contributed by atoms with Crippen molar-refractivity contribution in [3.63, 3.8) is 0 Å². The van der Waals surface area contributed by atoms with Gasteiger partial charge in [0.1, 0.15) is 19.0 Å². The minimum Gasteiger partial charge on any atom is -0.490 e. The Bertz CT molecular complexity index is 643. The Balaban J connectivity index is 1.50. The molecule has 0 unspecified atom stereocenters.